The Balaban J connectivity index is 0.000000290. The lowest BCUT2D eigenvalue weighted by Crippen LogP contribution is -2.29. The van der Waals surface area contributed by atoms with Crippen molar-refractivity contribution in [2.45, 2.75) is 72.0 Å². The number of halogens is 2. The van der Waals surface area contributed by atoms with Crippen molar-refractivity contribution in [1.82, 2.24) is 0 Å². The number of aliphatic carboxylic acids is 2. The fourth-order valence-corrected chi connectivity index (χ4v) is 7.78. The molecule has 54 heavy (non-hydrogen) atoms. The number of aryl methyl sites for hydroxylation is 2. The molecule has 10 nitrogen and oxygen atoms in total. The Hall–Kier alpha value is -4.01. The van der Waals surface area contributed by atoms with Gasteiger partial charge in [0.25, 0.3) is 0 Å². The molecule has 0 radical (unpaired) electrons. The number of carboxylic acid groups (broad SMARTS) is 2. The molecule has 4 aromatic rings. The normalized spacial score (nSPS) is 11.3. The summed E-state index contributed by atoms with van der Waals surface area (Å²) in [4.78, 5) is 74.4. The molecule has 15 heteroatoms. The van der Waals surface area contributed by atoms with E-state index in [2.05, 4.69) is 10.6 Å². The van der Waals surface area contributed by atoms with Crippen LogP contribution < -0.4 is 10.6 Å². The quantitative estimate of drug-likeness (QED) is 0.0804. The first kappa shape index (κ1) is 44.4. The number of benzene rings is 2. The lowest BCUT2D eigenvalue weighted by molar-refractivity contribution is -0.140. The smallest absolute Gasteiger partial charge is 0.319 e. The highest BCUT2D eigenvalue weighted by Gasteiger charge is 2.29. The molecule has 0 aliphatic heterocycles. The predicted molar refractivity (Wildman–Crippen MR) is 219 cm³/mol. The van der Waals surface area contributed by atoms with Gasteiger partial charge in [-0.05, 0) is 92.8 Å². The van der Waals surface area contributed by atoms with Crippen molar-refractivity contribution in [3.63, 3.8) is 0 Å². The van der Waals surface area contributed by atoms with Gasteiger partial charge in [0, 0.05) is 37.3 Å². The topological polar surface area (TPSA) is 167 Å². The Labute approximate surface area is 336 Å². The highest BCUT2D eigenvalue weighted by molar-refractivity contribution is 8.02. The third-order valence-corrected chi connectivity index (χ3v) is 12.0. The molecule has 4 N–H and O–H groups in total. The molecule has 2 amide bonds. The van der Waals surface area contributed by atoms with Crippen LogP contribution in [0.1, 0.15) is 96.0 Å². The van der Waals surface area contributed by atoms with Crippen molar-refractivity contribution in [2.24, 2.45) is 5.41 Å². The molecule has 0 aliphatic carbocycles. The van der Waals surface area contributed by atoms with Crippen molar-refractivity contribution in [3.8, 4) is 0 Å². The van der Waals surface area contributed by atoms with Crippen LogP contribution in [-0.4, -0.2) is 56.0 Å². The van der Waals surface area contributed by atoms with E-state index in [1.807, 2.05) is 13.8 Å². The number of thioether (sulfide) groups is 1. The van der Waals surface area contributed by atoms with Gasteiger partial charge in [-0.3, -0.25) is 28.8 Å². The fourth-order valence-electron chi connectivity index (χ4n) is 4.82. The lowest BCUT2D eigenvalue weighted by Gasteiger charge is -2.21. The summed E-state index contributed by atoms with van der Waals surface area (Å²) in [5.74, 6) is -2.99. The molecular weight excluding hydrogens is 792 g/mol. The van der Waals surface area contributed by atoms with E-state index in [9.17, 15) is 28.8 Å². The molecule has 0 fully saturated rings. The van der Waals surface area contributed by atoms with Crippen LogP contribution >= 0.6 is 57.6 Å². The van der Waals surface area contributed by atoms with E-state index in [0.717, 1.165) is 34.4 Å². The summed E-state index contributed by atoms with van der Waals surface area (Å²) < 4.78 is -1.07. The van der Waals surface area contributed by atoms with Crippen molar-refractivity contribution in [2.75, 3.05) is 16.4 Å². The SMILES string of the molecule is CCc1cc(C(=O)c2ccc(Cl)cc2)c(NC(=O)CC(C)(C)CC(=O)O)s1.CCc1cc(C(=O)c2ccc(Cl)cc2)c(NC(=O)CSC(C)(C)C(=O)O)s1. The molecule has 2 aromatic carbocycles. The van der Waals surface area contributed by atoms with Gasteiger partial charge < -0.3 is 20.8 Å². The largest absolute Gasteiger partial charge is 0.481 e. The number of anilines is 2. The fraction of sp³-hybridized carbons (Fsp3) is 0.333. The van der Waals surface area contributed by atoms with Crippen LogP contribution in [0.15, 0.2) is 60.7 Å². The third kappa shape index (κ3) is 13.1. The molecule has 0 atom stereocenters. The second-order valence-electron chi connectivity index (χ2n) is 13.4. The van der Waals surface area contributed by atoms with Crippen molar-refractivity contribution in [1.29, 1.82) is 0 Å². The zero-order valence-corrected chi connectivity index (χ0v) is 34.6. The van der Waals surface area contributed by atoms with Gasteiger partial charge in [-0.25, -0.2) is 0 Å². The van der Waals surface area contributed by atoms with Gasteiger partial charge in [0.1, 0.15) is 14.7 Å². The second-order valence-corrected chi connectivity index (χ2v) is 18.1. The number of thiophene rings is 2. The predicted octanol–water partition coefficient (Wildman–Crippen LogP) is 9.75. The zero-order chi connectivity index (χ0) is 40.4. The number of amides is 2. The molecule has 4 rings (SSSR count). The summed E-state index contributed by atoms with van der Waals surface area (Å²) in [6.07, 6.45) is 1.42. The minimum absolute atomic E-state index is 0.0206. The third-order valence-electron chi connectivity index (χ3n) is 7.82. The maximum Gasteiger partial charge on any atom is 0.319 e. The van der Waals surface area contributed by atoms with Crippen molar-refractivity contribution < 1.29 is 39.0 Å². The molecule has 0 aliphatic rings. The Morgan fingerprint density at radius 3 is 1.44 bits per heavy atom. The monoisotopic (exact) mass is 832 g/mol. The van der Waals surface area contributed by atoms with Crippen LogP contribution in [0, 0.1) is 5.41 Å². The number of carbonyl (C=O) groups is 6. The first-order valence-electron chi connectivity index (χ1n) is 16.8. The highest BCUT2D eigenvalue weighted by Crippen LogP contribution is 2.34. The summed E-state index contributed by atoms with van der Waals surface area (Å²) in [6.45, 7) is 10.5. The van der Waals surface area contributed by atoms with Crippen LogP contribution in [0.25, 0.3) is 0 Å². The summed E-state index contributed by atoms with van der Waals surface area (Å²) in [7, 11) is 0. The average molecular weight is 834 g/mol. The summed E-state index contributed by atoms with van der Waals surface area (Å²) in [5, 5.41) is 25.7. The van der Waals surface area contributed by atoms with Crippen molar-refractivity contribution >= 4 is 103 Å². The van der Waals surface area contributed by atoms with Gasteiger partial charge in [0.15, 0.2) is 11.6 Å². The number of nitrogens with one attached hydrogen (secondary N) is 2. The second kappa shape index (κ2) is 19.5. The number of carboxylic acids is 2. The van der Waals surface area contributed by atoms with E-state index in [1.54, 1.807) is 88.4 Å². The highest BCUT2D eigenvalue weighted by atomic mass is 35.5. The van der Waals surface area contributed by atoms with E-state index >= 15 is 0 Å². The van der Waals surface area contributed by atoms with Gasteiger partial charge >= 0.3 is 11.9 Å². The van der Waals surface area contributed by atoms with E-state index in [1.165, 1.54) is 22.7 Å². The molecular formula is C39H42Cl2N2O8S3. The Morgan fingerprint density at radius 1 is 0.667 bits per heavy atom. The van der Waals surface area contributed by atoms with Gasteiger partial charge in [0.2, 0.25) is 11.8 Å². The Morgan fingerprint density at radius 2 is 1.07 bits per heavy atom. The molecule has 0 unspecified atom stereocenters. The maximum absolute atomic E-state index is 12.9. The molecule has 0 spiro atoms. The minimum atomic E-state index is -1.07. The number of rotatable bonds is 16. The summed E-state index contributed by atoms with van der Waals surface area (Å²) in [6, 6.07) is 16.7. The van der Waals surface area contributed by atoms with Crippen molar-refractivity contribution in [3.05, 3.63) is 103 Å². The van der Waals surface area contributed by atoms with Crippen LogP contribution in [0.5, 0.6) is 0 Å². The maximum atomic E-state index is 12.9. The van der Waals surface area contributed by atoms with E-state index in [-0.39, 0.29) is 42.0 Å². The van der Waals surface area contributed by atoms with E-state index in [4.69, 9.17) is 33.4 Å². The summed E-state index contributed by atoms with van der Waals surface area (Å²) in [5.41, 5.74) is 1.15. The molecule has 0 bridgehead atoms. The van der Waals surface area contributed by atoms with Crippen LogP contribution in [0.4, 0.5) is 10.0 Å². The standard InChI is InChI=1S/C20H22ClNO4S.C19H20ClNO4S2/c1-4-14-9-15(18(26)12-5-7-13(21)8-6-12)19(27-14)22-16(23)10-20(2,3)11-17(24)25;1-4-13-9-14(16(23)11-5-7-12(20)8-6-11)17(27-13)21-15(22)10-26-19(2,3)18(24)25/h5-9H,4,10-11H2,1-3H3,(H,22,23)(H,24,25);5-9H,4,10H2,1-3H3,(H,21,22)(H,24,25). The van der Waals surface area contributed by atoms with Crippen LogP contribution in [0.3, 0.4) is 0 Å². The number of ketones is 2. The molecule has 2 heterocycles. The Bertz CT molecular complexity index is 2000. The number of hydrogen-bond acceptors (Lipinski definition) is 9. The molecule has 0 saturated carbocycles. The van der Waals surface area contributed by atoms with E-state index in [0.29, 0.717) is 42.3 Å². The van der Waals surface area contributed by atoms with Crippen LogP contribution in [-0.2, 0) is 32.0 Å². The van der Waals surface area contributed by atoms with Gasteiger partial charge in [0.05, 0.1) is 23.3 Å². The van der Waals surface area contributed by atoms with Gasteiger partial charge in [-0.15, -0.1) is 34.4 Å². The first-order chi connectivity index (χ1) is 25.2. The summed E-state index contributed by atoms with van der Waals surface area (Å²) >= 11 is 15.5. The molecule has 288 valence electrons. The first-order valence-corrected chi connectivity index (χ1v) is 20.2. The Kier molecular flexibility index (Phi) is 16.1. The van der Waals surface area contributed by atoms with Crippen LogP contribution in [0.2, 0.25) is 10.0 Å². The number of hydrogen-bond donors (Lipinski definition) is 4. The van der Waals surface area contributed by atoms with Gasteiger partial charge in [-0.2, -0.15) is 0 Å². The minimum Gasteiger partial charge on any atom is -0.481 e. The average Bonchev–Trinajstić information content (AvgIpc) is 3.70. The molecule has 2 aromatic heterocycles. The number of carbonyl (C=O) groups excluding carboxylic acids is 4. The van der Waals surface area contributed by atoms with E-state index < -0.39 is 22.1 Å². The molecule has 0 saturated heterocycles. The zero-order valence-electron chi connectivity index (χ0n) is 30.6. The lowest BCUT2D eigenvalue weighted by atomic mass is 9.85. The van der Waals surface area contributed by atoms with Gasteiger partial charge in [-0.1, -0.05) is 50.9 Å².